The SMILES string of the molecule is CCCc1c(Cl)ncnc1-c1c(C)cc(C)cc1OC. The number of aromatic nitrogens is 2. The number of hydrogen-bond donors (Lipinski definition) is 0. The minimum atomic E-state index is 0.527. The highest BCUT2D eigenvalue weighted by molar-refractivity contribution is 6.30. The fourth-order valence-corrected chi connectivity index (χ4v) is 2.70. The maximum atomic E-state index is 6.25. The van der Waals surface area contributed by atoms with Crippen LogP contribution in [0, 0.1) is 13.8 Å². The van der Waals surface area contributed by atoms with Crippen molar-refractivity contribution in [2.24, 2.45) is 0 Å². The third-order valence-electron chi connectivity index (χ3n) is 3.29. The second-order valence-electron chi connectivity index (χ2n) is 4.90. The second-order valence-corrected chi connectivity index (χ2v) is 5.26. The molecule has 0 unspecified atom stereocenters. The topological polar surface area (TPSA) is 35.0 Å². The van der Waals surface area contributed by atoms with E-state index >= 15 is 0 Å². The van der Waals surface area contributed by atoms with Crippen LogP contribution < -0.4 is 4.74 Å². The number of aryl methyl sites for hydroxylation is 2. The summed E-state index contributed by atoms with van der Waals surface area (Å²) in [6.45, 7) is 6.24. The molecule has 4 heteroatoms. The molecule has 0 fully saturated rings. The molecule has 2 rings (SSSR count). The monoisotopic (exact) mass is 290 g/mol. The molecule has 0 amide bonds. The minimum absolute atomic E-state index is 0.527. The van der Waals surface area contributed by atoms with Crippen LogP contribution in [0.25, 0.3) is 11.3 Å². The van der Waals surface area contributed by atoms with Gasteiger partial charge in [0, 0.05) is 11.1 Å². The van der Waals surface area contributed by atoms with Crippen LogP contribution in [0.5, 0.6) is 5.75 Å². The Morgan fingerprint density at radius 3 is 2.60 bits per heavy atom. The lowest BCUT2D eigenvalue weighted by molar-refractivity contribution is 0.415. The van der Waals surface area contributed by atoms with Crippen molar-refractivity contribution in [1.82, 2.24) is 9.97 Å². The number of halogens is 1. The highest BCUT2D eigenvalue weighted by atomic mass is 35.5. The predicted molar refractivity (Wildman–Crippen MR) is 82.5 cm³/mol. The van der Waals surface area contributed by atoms with Gasteiger partial charge in [-0.1, -0.05) is 31.0 Å². The van der Waals surface area contributed by atoms with Gasteiger partial charge in [0.1, 0.15) is 17.2 Å². The Balaban J connectivity index is 2.71. The average Bonchev–Trinajstić information content (AvgIpc) is 2.41. The Morgan fingerprint density at radius 2 is 1.95 bits per heavy atom. The maximum Gasteiger partial charge on any atom is 0.136 e. The normalized spacial score (nSPS) is 10.7. The van der Waals surface area contributed by atoms with Crippen molar-refractivity contribution >= 4 is 11.6 Å². The highest BCUT2D eigenvalue weighted by Gasteiger charge is 2.17. The van der Waals surface area contributed by atoms with Gasteiger partial charge in [0.05, 0.1) is 12.8 Å². The van der Waals surface area contributed by atoms with Crippen molar-refractivity contribution < 1.29 is 4.74 Å². The molecule has 1 heterocycles. The van der Waals surface area contributed by atoms with E-state index in [0.717, 1.165) is 41.0 Å². The van der Waals surface area contributed by atoms with Gasteiger partial charge >= 0.3 is 0 Å². The molecule has 2 aromatic rings. The Kier molecular flexibility index (Phi) is 4.61. The number of methoxy groups -OCH3 is 1. The van der Waals surface area contributed by atoms with Gasteiger partial charge in [-0.25, -0.2) is 9.97 Å². The van der Waals surface area contributed by atoms with Crippen molar-refractivity contribution in [3.8, 4) is 17.0 Å². The first-order chi connectivity index (χ1) is 9.58. The molecular weight excluding hydrogens is 272 g/mol. The van der Waals surface area contributed by atoms with E-state index in [1.54, 1.807) is 7.11 Å². The van der Waals surface area contributed by atoms with Crippen LogP contribution in [0.1, 0.15) is 30.0 Å². The molecule has 0 bridgehead atoms. The van der Waals surface area contributed by atoms with Gasteiger partial charge in [-0.15, -0.1) is 0 Å². The van der Waals surface area contributed by atoms with Gasteiger partial charge in [-0.2, -0.15) is 0 Å². The molecule has 0 saturated heterocycles. The lowest BCUT2D eigenvalue weighted by atomic mass is 9.97. The third-order valence-corrected chi connectivity index (χ3v) is 3.62. The largest absolute Gasteiger partial charge is 0.496 e. The molecular formula is C16H19ClN2O. The molecule has 0 saturated carbocycles. The van der Waals surface area contributed by atoms with Gasteiger partial charge in [0.25, 0.3) is 0 Å². The zero-order valence-corrected chi connectivity index (χ0v) is 13.1. The van der Waals surface area contributed by atoms with Crippen molar-refractivity contribution in [3.05, 3.63) is 40.3 Å². The van der Waals surface area contributed by atoms with E-state index in [0.29, 0.717) is 5.15 Å². The Hall–Kier alpha value is -1.61. The maximum absolute atomic E-state index is 6.25. The fraction of sp³-hybridized carbons (Fsp3) is 0.375. The minimum Gasteiger partial charge on any atom is -0.496 e. The molecule has 0 radical (unpaired) electrons. The summed E-state index contributed by atoms with van der Waals surface area (Å²) in [5.74, 6) is 0.828. The molecule has 0 N–H and O–H groups in total. The van der Waals surface area contributed by atoms with Gasteiger partial charge in [0.2, 0.25) is 0 Å². The van der Waals surface area contributed by atoms with E-state index < -0.39 is 0 Å². The first kappa shape index (κ1) is 14.8. The standard InChI is InChI=1S/C16H19ClN2O/c1-5-6-12-15(18-9-19-16(12)17)14-11(3)7-10(2)8-13(14)20-4/h7-9H,5-6H2,1-4H3. The van der Waals surface area contributed by atoms with Crippen molar-refractivity contribution in [1.29, 1.82) is 0 Å². The molecule has 106 valence electrons. The van der Waals surface area contributed by atoms with Crippen molar-refractivity contribution in [3.63, 3.8) is 0 Å². The summed E-state index contributed by atoms with van der Waals surface area (Å²) < 4.78 is 5.53. The Morgan fingerprint density at radius 1 is 1.20 bits per heavy atom. The van der Waals surface area contributed by atoms with Crippen LogP contribution in [0.15, 0.2) is 18.5 Å². The van der Waals surface area contributed by atoms with Gasteiger partial charge < -0.3 is 4.74 Å². The molecule has 3 nitrogen and oxygen atoms in total. The van der Waals surface area contributed by atoms with E-state index in [1.807, 2.05) is 6.07 Å². The first-order valence-corrected chi connectivity index (χ1v) is 7.11. The van der Waals surface area contributed by atoms with Crippen LogP contribution in [-0.4, -0.2) is 17.1 Å². The molecule has 1 aromatic heterocycles. The van der Waals surface area contributed by atoms with Gasteiger partial charge in [-0.05, 0) is 37.5 Å². The van der Waals surface area contributed by atoms with E-state index in [9.17, 15) is 0 Å². The van der Waals surface area contributed by atoms with Crippen molar-refractivity contribution in [2.75, 3.05) is 7.11 Å². The Labute approximate surface area is 125 Å². The molecule has 20 heavy (non-hydrogen) atoms. The number of rotatable bonds is 4. The molecule has 0 aliphatic carbocycles. The zero-order chi connectivity index (χ0) is 14.7. The van der Waals surface area contributed by atoms with Gasteiger partial charge in [-0.3, -0.25) is 0 Å². The summed E-state index contributed by atoms with van der Waals surface area (Å²) in [6, 6.07) is 4.15. The molecule has 0 atom stereocenters. The second kappa shape index (κ2) is 6.23. The number of nitrogens with zero attached hydrogens (tertiary/aromatic N) is 2. The average molecular weight is 291 g/mol. The lowest BCUT2D eigenvalue weighted by Gasteiger charge is -2.15. The summed E-state index contributed by atoms with van der Waals surface area (Å²) >= 11 is 6.25. The molecule has 0 spiro atoms. The van der Waals surface area contributed by atoms with Crippen LogP contribution in [0.3, 0.4) is 0 Å². The van der Waals surface area contributed by atoms with Crippen molar-refractivity contribution in [2.45, 2.75) is 33.6 Å². The quantitative estimate of drug-likeness (QED) is 0.784. The van der Waals surface area contributed by atoms with Gasteiger partial charge in [0.15, 0.2) is 0 Å². The van der Waals surface area contributed by atoms with E-state index in [-0.39, 0.29) is 0 Å². The first-order valence-electron chi connectivity index (χ1n) is 6.73. The predicted octanol–water partition coefficient (Wildman–Crippen LogP) is 4.37. The fourth-order valence-electron chi connectivity index (χ4n) is 2.47. The van der Waals surface area contributed by atoms with Crippen LogP contribution >= 0.6 is 11.6 Å². The molecule has 0 aliphatic heterocycles. The molecule has 1 aromatic carbocycles. The zero-order valence-electron chi connectivity index (χ0n) is 12.3. The molecule has 0 aliphatic rings. The van der Waals surface area contributed by atoms with Crippen LogP contribution in [-0.2, 0) is 6.42 Å². The summed E-state index contributed by atoms with van der Waals surface area (Å²) in [5.41, 5.74) is 5.17. The lowest BCUT2D eigenvalue weighted by Crippen LogP contribution is -2.01. The smallest absolute Gasteiger partial charge is 0.136 e. The number of ether oxygens (including phenoxy) is 1. The Bertz CT molecular complexity index is 626. The van der Waals surface area contributed by atoms with E-state index in [4.69, 9.17) is 16.3 Å². The number of hydrogen-bond acceptors (Lipinski definition) is 3. The number of benzene rings is 1. The third kappa shape index (κ3) is 2.78. The van der Waals surface area contributed by atoms with Crippen LogP contribution in [0.2, 0.25) is 5.15 Å². The van der Waals surface area contributed by atoms with Crippen LogP contribution in [0.4, 0.5) is 0 Å². The summed E-state index contributed by atoms with van der Waals surface area (Å²) in [7, 11) is 1.68. The van der Waals surface area contributed by atoms with E-state index in [2.05, 4.69) is 36.8 Å². The summed E-state index contributed by atoms with van der Waals surface area (Å²) in [6.07, 6.45) is 3.36. The van der Waals surface area contributed by atoms with E-state index in [1.165, 1.54) is 11.9 Å². The highest BCUT2D eigenvalue weighted by Crippen LogP contribution is 2.36. The summed E-state index contributed by atoms with van der Waals surface area (Å²) in [4.78, 5) is 8.55. The summed E-state index contributed by atoms with van der Waals surface area (Å²) in [5, 5.41) is 0.527.